The highest BCUT2D eigenvalue weighted by atomic mass is 35.5. The highest BCUT2D eigenvalue weighted by molar-refractivity contribution is 6.31. The summed E-state index contributed by atoms with van der Waals surface area (Å²) in [6, 6.07) is 15.8. The van der Waals surface area contributed by atoms with Gasteiger partial charge in [0.2, 0.25) is 5.91 Å². The van der Waals surface area contributed by atoms with Gasteiger partial charge in [-0.3, -0.25) is 4.79 Å². The number of hydrogen-bond donors (Lipinski definition) is 2. The van der Waals surface area contributed by atoms with E-state index < -0.39 is 41.0 Å². The molecule has 0 saturated carbocycles. The third-order valence-corrected chi connectivity index (χ3v) is 8.27. The molecule has 8 nitrogen and oxygen atoms in total. The average Bonchev–Trinajstić information content (AvgIpc) is 3.51. The zero-order valence-corrected chi connectivity index (χ0v) is 25.4. The molecule has 1 saturated heterocycles. The third-order valence-electron chi connectivity index (χ3n) is 7.74. The Morgan fingerprint density at radius 1 is 1.14 bits per heavy atom. The second kappa shape index (κ2) is 11.6. The van der Waals surface area contributed by atoms with Crippen LogP contribution in [0.15, 0.2) is 60.7 Å². The van der Waals surface area contributed by atoms with Crippen LogP contribution >= 0.6 is 23.2 Å². The van der Waals surface area contributed by atoms with Gasteiger partial charge in [0.25, 0.3) is 0 Å². The number of amides is 1. The molecular formula is C31H29Cl2F2N7O. The van der Waals surface area contributed by atoms with Gasteiger partial charge in [0.05, 0.1) is 17.1 Å². The molecule has 0 aliphatic carbocycles. The van der Waals surface area contributed by atoms with Gasteiger partial charge in [0, 0.05) is 40.8 Å². The summed E-state index contributed by atoms with van der Waals surface area (Å²) in [7, 11) is 1.69. The van der Waals surface area contributed by atoms with Gasteiger partial charge in [-0.15, -0.1) is 5.10 Å². The number of aromatic nitrogens is 4. The van der Waals surface area contributed by atoms with Crippen LogP contribution in [0.3, 0.4) is 0 Å². The van der Waals surface area contributed by atoms with Crippen molar-refractivity contribution in [1.29, 1.82) is 5.26 Å². The molecule has 3 aromatic carbocycles. The molecule has 1 aromatic heterocycles. The monoisotopic (exact) mass is 623 g/mol. The van der Waals surface area contributed by atoms with Gasteiger partial charge in [-0.2, -0.15) is 5.26 Å². The Balaban J connectivity index is 1.67. The molecule has 4 atom stereocenters. The maximum Gasteiger partial charge on any atom is 0.242 e. The average molecular weight is 625 g/mol. The number of halogens is 4. The molecule has 0 bridgehead atoms. The summed E-state index contributed by atoms with van der Waals surface area (Å²) in [5.41, 5.74) is -0.964. The van der Waals surface area contributed by atoms with Crippen molar-refractivity contribution < 1.29 is 13.6 Å². The fraction of sp³-hybridized carbons (Fsp3) is 0.323. The van der Waals surface area contributed by atoms with E-state index in [0.717, 1.165) is 6.07 Å². The summed E-state index contributed by atoms with van der Waals surface area (Å²) in [4.78, 5) is 14.1. The molecule has 2 heterocycles. The first kappa shape index (κ1) is 30.5. The first-order valence-corrected chi connectivity index (χ1v) is 14.3. The molecule has 1 amide bonds. The second-order valence-corrected chi connectivity index (χ2v) is 12.7. The highest BCUT2D eigenvalue weighted by Crippen LogP contribution is 2.53. The standard InChI is InChI=1S/C31H29Cl2F2N7O/c1-30(2,3)15-24-31(16-36,21-12-11-18(32)14-23(21)34)25(20-9-6-10-22(33)26(20)35)27(38-24)29(43)37-19-8-5-7-17(13-19)28-39-40-41-42(28)4/h5-14,24-25,27,38H,15H2,1-4H3,(H,37,43)/t24-,25-,27+,31-/m0/s1. The molecule has 5 rings (SSSR count). The Labute approximate surface area is 258 Å². The van der Waals surface area contributed by atoms with Crippen molar-refractivity contribution in [1.82, 2.24) is 25.5 Å². The molecule has 43 heavy (non-hydrogen) atoms. The van der Waals surface area contributed by atoms with E-state index in [4.69, 9.17) is 23.2 Å². The van der Waals surface area contributed by atoms with Crippen molar-refractivity contribution in [2.45, 2.75) is 50.6 Å². The van der Waals surface area contributed by atoms with Crippen molar-refractivity contribution in [3.8, 4) is 17.5 Å². The zero-order chi connectivity index (χ0) is 31.1. The van der Waals surface area contributed by atoms with Crippen LogP contribution in [0.4, 0.5) is 14.5 Å². The third kappa shape index (κ3) is 5.73. The van der Waals surface area contributed by atoms with Crippen molar-refractivity contribution in [3.63, 3.8) is 0 Å². The Morgan fingerprint density at radius 2 is 1.88 bits per heavy atom. The van der Waals surface area contributed by atoms with E-state index in [1.165, 1.54) is 28.9 Å². The van der Waals surface area contributed by atoms with E-state index in [9.17, 15) is 10.1 Å². The van der Waals surface area contributed by atoms with Crippen LogP contribution < -0.4 is 10.6 Å². The summed E-state index contributed by atoms with van der Waals surface area (Å²) in [5.74, 6) is -2.74. The minimum Gasteiger partial charge on any atom is -0.325 e. The van der Waals surface area contributed by atoms with Crippen LogP contribution in [-0.2, 0) is 17.3 Å². The van der Waals surface area contributed by atoms with Crippen molar-refractivity contribution in [2.24, 2.45) is 12.5 Å². The lowest BCUT2D eigenvalue weighted by atomic mass is 9.62. The minimum atomic E-state index is -1.72. The van der Waals surface area contributed by atoms with Gasteiger partial charge in [-0.05, 0) is 58.2 Å². The van der Waals surface area contributed by atoms with Crippen LogP contribution in [0.25, 0.3) is 11.4 Å². The molecule has 0 unspecified atom stereocenters. The number of nitrogens with zero attached hydrogens (tertiary/aromatic N) is 5. The topological polar surface area (TPSA) is 109 Å². The number of tetrazole rings is 1. The van der Waals surface area contributed by atoms with Gasteiger partial charge in [-0.25, -0.2) is 13.5 Å². The lowest BCUT2D eigenvalue weighted by molar-refractivity contribution is -0.118. The molecular weight excluding hydrogens is 595 g/mol. The number of hydrogen-bond acceptors (Lipinski definition) is 6. The first-order valence-electron chi connectivity index (χ1n) is 13.6. The van der Waals surface area contributed by atoms with Gasteiger partial charge >= 0.3 is 0 Å². The molecule has 1 aliphatic rings. The lowest BCUT2D eigenvalue weighted by Gasteiger charge is -2.37. The summed E-state index contributed by atoms with van der Waals surface area (Å²) < 4.78 is 33.1. The Kier molecular flexibility index (Phi) is 8.27. The van der Waals surface area contributed by atoms with Gasteiger partial charge in [0.1, 0.15) is 17.0 Å². The normalized spacial score (nSPS) is 21.9. The van der Waals surface area contributed by atoms with Gasteiger partial charge in [0.15, 0.2) is 5.82 Å². The number of carbonyl (C=O) groups excluding carboxylic acids is 1. The number of aryl methyl sites for hydroxylation is 1. The fourth-order valence-corrected chi connectivity index (χ4v) is 6.33. The maximum atomic E-state index is 15.9. The predicted octanol–water partition coefficient (Wildman–Crippen LogP) is 6.42. The Morgan fingerprint density at radius 3 is 2.53 bits per heavy atom. The second-order valence-electron chi connectivity index (χ2n) is 11.9. The number of benzene rings is 3. The van der Waals surface area contributed by atoms with Crippen molar-refractivity contribution >= 4 is 34.8 Å². The minimum absolute atomic E-state index is 0.0117. The Hall–Kier alpha value is -3.91. The van der Waals surface area contributed by atoms with Crippen LogP contribution in [-0.4, -0.2) is 38.2 Å². The Bertz CT molecular complexity index is 1730. The summed E-state index contributed by atoms with van der Waals surface area (Å²) in [6.07, 6.45) is 0.361. The van der Waals surface area contributed by atoms with E-state index >= 15 is 8.78 Å². The molecule has 0 spiro atoms. The molecule has 2 N–H and O–H groups in total. The summed E-state index contributed by atoms with van der Waals surface area (Å²) >= 11 is 12.3. The number of carbonyl (C=O) groups is 1. The molecule has 1 fully saturated rings. The fourth-order valence-electron chi connectivity index (χ4n) is 5.99. The van der Waals surface area contributed by atoms with Gasteiger partial charge < -0.3 is 10.6 Å². The molecule has 0 radical (unpaired) electrons. The van der Waals surface area contributed by atoms with E-state index in [-0.39, 0.29) is 26.6 Å². The quantitative estimate of drug-likeness (QED) is 0.256. The van der Waals surface area contributed by atoms with Crippen LogP contribution in [0, 0.1) is 28.4 Å². The predicted molar refractivity (Wildman–Crippen MR) is 160 cm³/mol. The van der Waals surface area contributed by atoms with Crippen LogP contribution in [0.2, 0.25) is 10.0 Å². The molecule has 12 heteroatoms. The largest absolute Gasteiger partial charge is 0.325 e. The van der Waals surface area contributed by atoms with E-state index in [1.807, 2.05) is 20.8 Å². The first-order chi connectivity index (χ1) is 20.4. The van der Waals surface area contributed by atoms with Crippen molar-refractivity contribution in [2.75, 3.05) is 5.32 Å². The smallest absolute Gasteiger partial charge is 0.242 e. The lowest BCUT2D eigenvalue weighted by Crippen LogP contribution is -2.45. The molecule has 222 valence electrons. The molecule has 4 aromatic rings. The summed E-state index contributed by atoms with van der Waals surface area (Å²) in [6.45, 7) is 5.93. The number of rotatable bonds is 6. The zero-order valence-electron chi connectivity index (χ0n) is 23.9. The number of nitriles is 1. The molecule has 1 aliphatic heterocycles. The summed E-state index contributed by atoms with van der Waals surface area (Å²) in [5, 5.41) is 28.7. The van der Waals surface area contributed by atoms with Crippen molar-refractivity contribution in [3.05, 3.63) is 93.5 Å². The van der Waals surface area contributed by atoms with Gasteiger partial charge in [-0.1, -0.05) is 74.3 Å². The SMILES string of the molecule is Cn1nnnc1-c1cccc(NC(=O)[C@@H]2N[C@@H](CC(C)(C)C)[C@](C#N)(c3ccc(Cl)cc3F)[C@H]2c2cccc(Cl)c2F)c1. The van der Waals surface area contributed by atoms with Crippen LogP contribution in [0.5, 0.6) is 0 Å². The number of nitrogens with one attached hydrogen (secondary N) is 2. The maximum absolute atomic E-state index is 15.9. The number of anilines is 1. The van der Waals surface area contributed by atoms with E-state index in [1.54, 1.807) is 37.4 Å². The van der Waals surface area contributed by atoms with Crippen LogP contribution in [0.1, 0.15) is 44.2 Å². The van der Waals surface area contributed by atoms with E-state index in [0.29, 0.717) is 23.5 Å². The van der Waals surface area contributed by atoms with E-state index in [2.05, 4.69) is 32.2 Å². The highest BCUT2D eigenvalue weighted by Gasteiger charge is 2.61.